The van der Waals surface area contributed by atoms with Crippen LogP contribution in [0.25, 0.3) is 33.1 Å². The molecule has 1 unspecified atom stereocenters. The molecule has 0 aliphatic rings. The quantitative estimate of drug-likeness (QED) is 0.413. The summed E-state index contributed by atoms with van der Waals surface area (Å²) in [5.74, 6) is 0.346. The van der Waals surface area contributed by atoms with Gasteiger partial charge in [0.05, 0.1) is 22.1 Å². The Bertz CT molecular complexity index is 1270. The molecule has 4 N–H and O–H groups in total. The van der Waals surface area contributed by atoms with E-state index in [1.807, 2.05) is 34.9 Å². The van der Waals surface area contributed by atoms with Gasteiger partial charge in [0, 0.05) is 29.1 Å². The summed E-state index contributed by atoms with van der Waals surface area (Å²) in [6.45, 7) is 4.03. The number of aromatic nitrogens is 4. The number of benzene rings is 1. The zero-order valence-electron chi connectivity index (χ0n) is 16.0. The lowest BCUT2D eigenvalue weighted by atomic mass is 10.1. The van der Waals surface area contributed by atoms with Crippen LogP contribution in [0, 0.1) is 0 Å². The third-order valence-electron chi connectivity index (χ3n) is 4.78. The summed E-state index contributed by atoms with van der Waals surface area (Å²) in [6, 6.07) is 9.90. The summed E-state index contributed by atoms with van der Waals surface area (Å²) in [6.07, 6.45) is 3.95. The molecule has 0 fully saturated rings. The van der Waals surface area contributed by atoms with Crippen LogP contribution in [0.15, 0.2) is 60.1 Å². The van der Waals surface area contributed by atoms with Gasteiger partial charge in [-0.05, 0) is 28.1 Å². The Hall–Kier alpha value is -3.46. The van der Waals surface area contributed by atoms with Gasteiger partial charge in [0.15, 0.2) is 0 Å². The van der Waals surface area contributed by atoms with Gasteiger partial charge in [-0.25, -0.2) is 14.8 Å². The van der Waals surface area contributed by atoms with Crippen molar-refractivity contribution >= 4 is 49.8 Å². The van der Waals surface area contributed by atoms with E-state index in [1.54, 1.807) is 12.3 Å². The fourth-order valence-electron chi connectivity index (χ4n) is 3.52. The molecule has 9 heteroatoms. The first-order valence-electron chi connectivity index (χ1n) is 9.20. The number of anilines is 1. The Labute approximate surface area is 180 Å². The lowest BCUT2D eigenvalue weighted by molar-refractivity contribution is 0.0977. The molecular weight excluding hydrogens is 448 g/mol. The maximum Gasteiger partial charge on any atom is 0.404 e. The molecule has 3 aromatic heterocycles. The fourth-order valence-corrected chi connectivity index (χ4v) is 4.26. The van der Waals surface area contributed by atoms with Crippen LogP contribution < -0.4 is 11.5 Å². The van der Waals surface area contributed by atoms with E-state index >= 15 is 0 Å². The van der Waals surface area contributed by atoms with Gasteiger partial charge in [0.2, 0.25) is 0 Å². The molecule has 0 saturated heterocycles. The van der Waals surface area contributed by atoms with Crippen LogP contribution in [0.2, 0.25) is 0 Å². The van der Waals surface area contributed by atoms with E-state index in [4.69, 9.17) is 16.2 Å². The third kappa shape index (κ3) is 3.59. The minimum atomic E-state index is -0.845. The van der Waals surface area contributed by atoms with Crippen molar-refractivity contribution in [2.24, 2.45) is 5.73 Å². The number of para-hydroxylation sites is 1. The molecule has 0 saturated carbocycles. The second-order valence-corrected chi connectivity index (χ2v) is 7.49. The highest BCUT2D eigenvalue weighted by Gasteiger charge is 2.24. The Morgan fingerprint density at radius 3 is 2.87 bits per heavy atom. The number of nitrogens with zero attached hydrogens (tertiary/aromatic N) is 4. The van der Waals surface area contributed by atoms with E-state index in [-0.39, 0.29) is 0 Å². The number of pyridine rings is 1. The number of carbonyl (C=O) groups is 1. The largest absolute Gasteiger partial charge is 0.444 e. The van der Waals surface area contributed by atoms with Gasteiger partial charge in [-0.15, -0.1) is 6.58 Å². The smallest absolute Gasteiger partial charge is 0.404 e. The van der Waals surface area contributed by atoms with Crippen LogP contribution in [-0.4, -0.2) is 31.7 Å². The van der Waals surface area contributed by atoms with Gasteiger partial charge >= 0.3 is 6.09 Å². The average Bonchev–Trinajstić information content (AvgIpc) is 3.00. The van der Waals surface area contributed by atoms with Crippen molar-refractivity contribution in [2.75, 3.05) is 5.73 Å². The molecule has 8 nitrogen and oxygen atoms in total. The van der Waals surface area contributed by atoms with E-state index in [2.05, 4.69) is 37.5 Å². The second kappa shape index (κ2) is 8.11. The van der Waals surface area contributed by atoms with Crippen LogP contribution >= 0.6 is 15.9 Å². The highest BCUT2D eigenvalue weighted by atomic mass is 79.9. The van der Waals surface area contributed by atoms with Gasteiger partial charge < -0.3 is 20.8 Å². The minimum absolute atomic E-state index is 0.309. The third-order valence-corrected chi connectivity index (χ3v) is 5.61. The van der Waals surface area contributed by atoms with E-state index in [0.717, 1.165) is 26.6 Å². The first-order chi connectivity index (χ1) is 14.5. The molecule has 1 amide bonds. The predicted octanol–water partition coefficient (Wildman–Crippen LogP) is 4.03. The number of hydrogen-bond acceptors (Lipinski definition) is 6. The molecule has 1 atom stereocenters. The summed E-state index contributed by atoms with van der Waals surface area (Å²) in [4.78, 5) is 24.5. The Kier molecular flexibility index (Phi) is 5.37. The van der Waals surface area contributed by atoms with Gasteiger partial charge in [-0.2, -0.15) is 0 Å². The molecule has 4 rings (SSSR count). The Morgan fingerprint density at radius 1 is 1.30 bits per heavy atom. The molecule has 0 spiro atoms. The first kappa shape index (κ1) is 19.8. The number of ether oxygens (including phenoxy) is 1. The number of fused-ring (bicyclic) bond motifs is 2. The van der Waals surface area contributed by atoms with Crippen molar-refractivity contribution in [1.29, 1.82) is 0 Å². The molecule has 4 aromatic rings. The molecule has 30 heavy (non-hydrogen) atoms. The maximum absolute atomic E-state index is 11.3. The lowest BCUT2D eigenvalue weighted by Crippen LogP contribution is -2.26. The number of nitrogen functional groups attached to an aromatic ring is 1. The van der Waals surface area contributed by atoms with E-state index in [9.17, 15) is 4.79 Å². The molecule has 1 aromatic carbocycles. The Morgan fingerprint density at radius 2 is 2.10 bits per heavy atom. The molecule has 3 heterocycles. The molecule has 0 bridgehead atoms. The number of hydrogen-bond donors (Lipinski definition) is 2. The molecule has 0 aliphatic heterocycles. The molecule has 152 valence electrons. The van der Waals surface area contributed by atoms with Crippen molar-refractivity contribution in [2.45, 2.75) is 19.1 Å². The van der Waals surface area contributed by atoms with Crippen molar-refractivity contribution in [3.8, 4) is 11.1 Å². The standard InChI is InChI=1S/C21H19BrN6O2/c1-2-5-14(30-21(24)29)10-28-18(22)16(17-19(23)26-11-27-20(17)28)13-8-12-6-3-4-7-15(12)25-9-13/h2-4,6-9,11,14H,1,5,10H2,(H2,24,29)(H2,23,26,27). The van der Waals surface area contributed by atoms with Crippen molar-refractivity contribution in [3.05, 3.63) is 60.1 Å². The number of nitrogens with two attached hydrogens (primary N) is 2. The number of rotatable bonds is 6. The van der Waals surface area contributed by atoms with Crippen molar-refractivity contribution in [1.82, 2.24) is 19.5 Å². The monoisotopic (exact) mass is 466 g/mol. The summed E-state index contributed by atoms with van der Waals surface area (Å²) in [5.41, 5.74) is 14.6. The average molecular weight is 467 g/mol. The second-order valence-electron chi connectivity index (χ2n) is 6.73. The zero-order chi connectivity index (χ0) is 21.3. The van der Waals surface area contributed by atoms with Crippen LogP contribution in [-0.2, 0) is 11.3 Å². The summed E-state index contributed by atoms with van der Waals surface area (Å²) >= 11 is 3.69. The topological polar surface area (TPSA) is 122 Å². The van der Waals surface area contributed by atoms with E-state index in [0.29, 0.717) is 29.8 Å². The highest BCUT2D eigenvalue weighted by molar-refractivity contribution is 9.10. The van der Waals surface area contributed by atoms with Gasteiger partial charge in [0.25, 0.3) is 0 Å². The van der Waals surface area contributed by atoms with Crippen LogP contribution in [0.4, 0.5) is 10.6 Å². The zero-order valence-corrected chi connectivity index (χ0v) is 17.5. The van der Waals surface area contributed by atoms with Crippen LogP contribution in [0.1, 0.15) is 6.42 Å². The van der Waals surface area contributed by atoms with Crippen molar-refractivity contribution < 1.29 is 9.53 Å². The summed E-state index contributed by atoms with van der Waals surface area (Å²) in [7, 11) is 0. The SMILES string of the molecule is C=CCC(Cn1c(Br)c(-c2cnc3ccccc3c2)c2c(N)ncnc21)OC(N)=O. The van der Waals surface area contributed by atoms with Gasteiger partial charge in [0.1, 0.15) is 23.9 Å². The van der Waals surface area contributed by atoms with Crippen LogP contribution in [0.5, 0.6) is 0 Å². The predicted molar refractivity (Wildman–Crippen MR) is 120 cm³/mol. The van der Waals surface area contributed by atoms with Gasteiger partial charge in [-0.3, -0.25) is 4.98 Å². The minimum Gasteiger partial charge on any atom is -0.444 e. The normalized spacial score (nSPS) is 12.2. The number of carbonyl (C=O) groups excluding carboxylic acids is 1. The number of halogens is 1. The maximum atomic E-state index is 11.3. The molecular formula is C21H19BrN6O2. The molecule has 0 radical (unpaired) electrons. The number of primary amides is 1. The van der Waals surface area contributed by atoms with E-state index in [1.165, 1.54) is 6.33 Å². The van der Waals surface area contributed by atoms with Crippen LogP contribution in [0.3, 0.4) is 0 Å². The van der Waals surface area contributed by atoms with Gasteiger partial charge in [-0.1, -0.05) is 24.3 Å². The summed E-state index contributed by atoms with van der Waals surface area (Å²) < 4.78 is 7.85. The van der Waals surface area contributed by atoms with Crippen molar-refractivity contribution in [3.63, 3.8) is 0 Å². The number of amides is 1. The lowest BCUT2D eigenvalue weighted by Gasteiger charge is -2.17. The Balaban J connectivity index is 1.90. The fraction of sp³-hybridized carbons (Fsp3) is 0.143. The highest BCUT2D eigenvalue weighted by Crippen LogP contribution is 2.40. The van der Waals surface area contributed by atoms with E-state index < -0.39 is 12.2 Å². The summed E-state index contributed by atoms with van der Waals surface area (Å²) in [5, 5.41) is 1.69. The first-order valence-corrected chi connectivity index (χ1v) is 9.99. The molecule has 0 aliphatic carbocycles.